The number of fused-ring (bicyclic) bond motifs is 1. The summed E-state index contributed by atoms with van der Waals surface area (Å²) in [4.78, 5) is 22.0. The van der Waals surface area contributed by atoms with Crippen LogP contribution in [0, 0.1) is 0 Å². The molecule has 0 radical (unpaired) electrons. The Morgan fingerprint density at radius 3 is 3.11 bits per heavy atom. The van der Waals surface area contributed by atoms with Gasteiger partial charge in [-0.15, -0.1) is 0 Å². The van der Waals surface area contributed by atoms with E-state index in [4.69, 9.17) is 15.6 Å². The number of H-pyrrole nitrogens is 1. The molecule has 1 aliphatic rings. The van der Waals surface area contributed by atoms with Crippen LogP contribution in [0.25, 0.3) is 11.2 Å². The number of nitrogen functional groups attached to an aromatic ring is 1. The molecular formula is C10H13N5O4. The molecular weight excluding hydrogens is 254 g/mol. The zero-order valence-electron chi connectivity index (χ0n) is 9.85. The van der Waals surface area contributed by atoms with E-state index in [0.29, 0.717) is 0 Å². The van der Waals surface area contributed by atoms with E-state index in [1.54, 1.807) is 4.57 Å². The first-order valence-corrected chi connectivity index (χ1v) is 5.74. The number of rotatable bonds is 2. The zero-order valence-corrected chi connectivity index (χ0v) is 9.85. The Hall–Kier alpha value is -1.97. The molecule has 1 fully saturated rings. The molecule has 0 unspecified atom stereocenters. The molecule has 2 aromatic rings. The van der Waals surface area contributed by atoms with Crippen molar-refractivity contribution in [3.8, 4) is 0 Å². The van der Waals surface area contributed by atoms with Crippen molar-refractivity contribution in [2.75, 3.05) is 18.9 Å². The number of ether oxygens (including phenoxy) is 1. The zero-order chi connectivity index (χ0) is 13.6. The van der Waals surface area contributed by atoms with Crippen molar-refractivity contribution < 1.29 is 14.9 Å². The molecule has 0 amide bonds. The number of imidazole rings is 1. The van der Waals surface area contributed by atoms with E-state index in [0.717, 1.165) is 0 Å². The van der Waals surface area contributed by atoms with Gasteiger partial charge in [-0.3, -0.25) is 9.78 Å². The molecule has 0 aromatic carbocycles. The highest BCUT2D eigenvalue weighted by Gasteiger charge is 2.37. The fourth-order valence-corrected chi connectivity index (χ4v) is 2.26. The first kappa shape index (κ1) is 12.1. The number of nitrogens with two attached hydrogens (primary N) is 1. The Morgan fingerprint density at radius 2 is 2.42 bits per heavy atom. The van der Waals surface area contributed by atoms with Crippen molar-refractivity contribution in [3.63, 3.8) is 0 Å². The summed E-state index contributed by atoms with van der Waals surface area (Å²) in [6.45, 7) is -0.0767. The SMILES string of the molecule is Nc1nc2c(ncn2[C@H]2CO[C@@H](CO)[C@@H]2O)c(=O)[nH]1. The summed E-state index contributed by atoms with van der Waals surface area (Å²) in [5.41, 5.74) is 5.49. The third-order valence-electron chi connectivity index (χ3n) is 3.24. The molecule has 3 atom stereocenters. The van der Waals surface area contributed by atoms with Gasteiger partial charge in [0.1, 0.15) is 12.2 Å². The van der Waals surface area contributed by atoms with Crippen LogP contribution < -0.4 is 11.3 Å². The van der Waals surface area contributed by atoms with Gasteiger partial charge in [0.2, 0.25) is 5.95 Å². The molecule has 0 saturated carbocycles. The fourth-order valence-electron chi connectivity index (χ4n) is 2.26. The van der Waals surface area contributed by atoms with Crippen LogP contribution in [-0.2, 0) is 4.74 Å². The lowest BCUT2D eigenvalue weighted by Gasteiger charge is -2.17. The van der Waals surface area contributed by atoms with Crippen LogP contribution in [0.15, 0.2) is 11.1 Å². The lowest BCUT2D eigenvalue weighted by Crippen LogP contribution is -2.30. The van der Waals surface area contributed by atoms with E-state index in [1.165, 1.54) is 6.33 Å². The van der Waals surface area contributed by atoms with Crippen molar-refractivity contribution in [2.24, 2.45) is 0 Å². The second-order valence-corrected chi connectivity index (χ2v) is 4.39. The lowest BCUT2D eigenvalue weighted by molar-refractivity contribution is 0.00206. The first-order chi connectivity index (χ1) is 9.11. The number of anilines is 1. The Labute approximate surface area is 106 Å². The monoisotopic (exact) mass is 267 g/mol. The number of aliphatic hydroxyl groups is 2. The van der Waals surface area contributed by atoms with Gasteiger partial charge in [-0.05, 0) is 0 Å². The van der Waals surface area contributed by atoms with E-state index in [2.05, 4.69) is 15.0 Å². The van der Waals surface area contributed by atoms with Gasteiger partial charge in [-0.2, -0.15) is 4.98 Å². The highest BCUT2D eigenvalue weighted by atomic mass is 16.5. The first-order valence-electron chi connectivity index (χ1n) is 5.74. The topological polar surface area (TPSA) is 139 Å². The van der Waals surface area contributed by atoms with Crippen LogP contribution in [0.4, 0.5) is 5.95 Å². The third-order valence-corrected chi connectivity index (χ3v) is 3.24. The molecule has 19 heavy (non-hydrogen) atoms. The lowest BCUT2D eigenvalue weighted by atomic mass is 10.1. The second kappa shape index (κ2) is 4.30. The van der Waals surface area contributed by atoms with Crippen molar-refractivity contribution in [1.29, 1.82) is 0 Å². The summed E-state index contributed by atoms with van der Waals surface area (Å²) in [5.74, 6) is -0.0219. The summed E-state index contributed by atoms with van der Waals surface area (Å²) in [5, 5.41) is 19.1. The summed E-state index contributed by atoms with van der Waals surface area (Å²) in [7, 11) is 0. The Bertz CT molecular complexity index is 665. The van der Waals surface area contributed by atoms with E-state index in [9.17, 15) is 9.90 Å². The smallest absolute Gasteiger partial charge is 0.280 e. The summed E-state index contributed by atoms with van der Waals surface area (Å²) >= 11 is 0. The molecule has 0 spiro atoms. The minimum absolute atomic E-state index is 0.0219. The largest absolute Gasteiger partial charge is 0.394 e. The third kappa shape index (κ3) is 1.79. The molecule has 3 rings (SSSR count). The number of nitrogens with zero attached hydrogens (tertiary/aromatic N) is 3. The standard InChI is InChI=1S/C10H13N5O4/c11-10-13-8-6(9(18)14-10)12-3-15(8)4-2-19-5(1-16)7(4)17/h3-5,7,16-17H,1-2H2,(H3,11,13,14,18)/t4-,5-,7+/m0/s1. The summed E-state index contributed by atoms with van der Waals surface area (Å²) in [6.07, 6.45) is -0.143. The minimum Gasteiger partial charge on any atom is -0.394 e. The van der Waals surface area contributed by atoms with Crippen LogP contribution in [0.1, 0.15) is 6.04 Å². The van der Waals surface area contributed by atoms with E-state index in [1.807, 2.05) is 0 Å². The minimum atomic E-state index is -0.898. The highest BCUT2D eigenvalue weighted by Crippen LogP contribution is 2.26. The quantitative estimate of drug-likeness (QED) is 0.493. The van der Waals surface area contributed by atoms with E-state index in [-0.39, 0.29) is 30.3 Å². The molecule has 9 nitrogen and oxygen atoms in total. The molecule has 3 heterocycles. The van der Waals surface area contributed by atoms with Gasteiger partial charge in [-0.25, -0.2) is 4.98 Å². The van der Waals surface area contributed by atoms with Gasteiger partial charge in [0, 0.05) is 0 Å². The van der Waals surface area contributed by atoms with E-state index >= 15 is 0 Å². The average Bonchev–Trinajstić information content (AvgIpc) is 2.92. The summed E-state index contributed by atoms with van der Waals surface area (Å²) in [6, 6.07) is -0.462. The number of hydrogen-bond acceptors (Lipinski definition) is 7. The van der Waals surface area contributed by atoms with Crippen LogP contribution in [0.3, 0.4) is 0 Å². The summed E-state index contributed by atoms with van der Waals surface area (Å²) < 4.78 is 6.81. The molecule has 1 aliphatic heterocycles. The Balaban J connectivity index is 2.09. The van der Waals surface area contributed by atoms with Gasteiger partial charge in [-0.1, -0.05) is 0 Å². The van der Waals surface area contributed by atoms with Crippen LogP contribution in [0.5, 0.6) is 0 Å². The van der Waals surface area contributed by atoms with Crippen LogP contribution in [0.2, 0.25) is 0 Å². The number of aliphatic hydroxyl groups excluding tert-OH is 2. The number of aromatic nitrogens is 4. The van der Waals surface area contributed by atoms with Crippen molar-refractivity contribution in [2.45, 2.75) is 18.2 Å². The van der Waals surface area contributed by atoms with Crippen molar-refractivity contribution >= 4 is 17.1 Å². The van der Waals surface area contributed by atoms with Gasteiger partial charge in [0.15, 0.2) is 11.2 Å². The Morgan fingerprint density at radius 1 is 1.63 bits per heavy atom. The van der Waals surface area contributed by atoms with Crippen LogP contribution in [-0.4, -0.2) is 55.2 Å². The maximum atomic E-state index is 11.6. The highest BCUT2D eigenvalue weighted by molar-refractivity contribution is 5.70. The molecule has 5 N–H and O–H groups in total. The van der Waals surface area contributed by atoms with Gasteiger partial charge in [0.05, 0.1) is 25.6 Å². The molecule has 9 heteroatoms. The molecule has 102 valence electrons. The number of nitrogens with one attached hydrogen (secondary N) is 1. The van der Waals surface area contributed by atoms with E-state index < -0.39 is 23.8 Å². The van der Waals surface area contributed by atoms with Gasteiger partial charge < -0.3 is 25.3 Å². The normalized spacial score (nSPS) is 27.2. The molecule has 0 bridgehead atoms. The molecule has 1 saturated heterocycles. The predicted molar refractivity (Wildman–Crippen MR) is 64.4 cm³/mol. The van der Waals surface area contributed by atoms with Crippen molar-refractivity contribution in [3.05, 3.63) is 16.7 Å². The van der Waals surface area contributed by atoms with Crippen LogP contribution >= 0.6 is 0 Å². The number of hydrogen-bond donors (Lipinski definition) is 4. The maximum Gasteiger partial charge on any atom is 0.280 e. The molecule has 0 aliphatic carbocycles. The Kier molecular flexibility index (Phi) is 2.73. The number of aromatic amines is 1. The second-order valence-electron chi connectivity index (χ2n) is 4.39. The predicted octanol–water partition coefficient (Wildman–Crippen LogP) is -2.01. The van der Waals surface area contributed by atoms with Gasteiger partial charge >= 0.3 is 0 Å². The maximum absolute atomic E-state index is 11.6. The fraction of sp³-hybridized carbons (Fsp3) is 0.500. The average molecular weight is 267 g/mol. The van der Waals surface area contributed by atoms with Crippen molar-refractivity contribution in [1.82, 2.24) is 19.5 Å². The molecule has 2 aromatic heterocycles. The van der Waals surface area contributed by atoms with Gasteiger partial charge in [0.25, 0.3) is 5.56 Å².